The van der Waals surface area contributed by atoms with E-state index >= 15 is 0 Å². The molecule has 0 spiro atoms. The van der Waals surface area contributed by atoms with E-state index in [0.717, 1.165) is 12.8 Å². The fourth-order valence-corrected chi connectivity index (χ4v) is 1.95. The first-order valence-corrected chi connectivity index (χ1v) is 6.31. The molecule has 0 atom stereocenters. The van der Waals surface area contributed by atoms with Gasteiger partial charge in [-0.1, -0.05) is 37.6 Å². The standard InChI is InChI=1S/C16H15NO2/c1-2-3-12-4-6-13(7-5-12)16(18)14-8-10-15(17-19)11-9-14/h4-11H,2-3H2,1H3. The minimum absolute atomic E-state index is 0.0412. The summed E-state index contributed by atoms with van der Waals surface area (Å²) in [4.78, 5) is 22.5. The van der Waals surface area contributed by atoms with Crippen molar-refractivity contribution in [3.63, 3.8) is 0 Å². The molecule has 0 aromatic heterocycles. The van der Waals surface area contributed by atoms with Gasteiger partial charge in [0, 0.05) is 11.1 Å². The maximum Gasteiger partial charge on any atom is 0.193 e. The number of ketones is 1. The zero-order valence-corrected chi connectivity index (χ0v) is 10.8. The molecule has 19 heavy (non-hydrogen) atoms. The molecule has 0 heterocycles. The Kier molecular flexibility index (Phi) is 4.18. The summed E-state index contributed by atoms with van der Waals surface area (Å²) in [5.41, 5.74) is 2.79. The molecular formula is C16H15NO2. The highest BCUT2D eigenvalue weighted by Gasteiger charge is 2.08. The summed E-state index contributed by atoms with van der Waals surface area (Å²) < 4.78 is 0. The molecule has 3 nitrogen and oxygen atoms in total. The largest absolute Gasteiger partial charge is 0.289 e. The zero-order valence-electron chi connectivity index (χ0n) is 10.8. The van der Waals surface area contributed by atoms with Gasteiger partial charge in [-0.15, -0.1) is 4.91 Å². The van der Waals surface area contributed by atoms with Crippen LogP contribution in [0, 0.1) is 4.91 Å². The predicted octanol–water partition coefficient (Wildman–Crippen LogP) is 4.27. The van der Waals surface area contributed by atoms with Crippen molar-refractivity contribution in [1.82, 2.24) is 0 Å². The van der Waals surface area contributed by atoms with Crippen LogP contribution in [0.5, 0.6) is 0 Å². The fraction of sp³-hybridized carbons (Fsp3) is 0.188. The van der Waals surface area contributed by atoms with Crippen molar-refractivity contribution >= 4 is 11.5 Å². The first-order valence-electron chi connectivity index (χ1n) is 6.31. The van der Waals surface area contributed by atoms with E-state index in [2.05, 4.69) is 12.1 Å². The third kappa shape index (κ3) is 3.13. The first-order chi connectivity index (χ1) is 9.24. The zero-order chi connectivity index (χ0) is 13.7. The molecule has 0 saturated heterocycles. The van der Waals surface area contributed by atoms with Crippen molar-refractivity contribution in [3.8, 4) is 0 Å². The summed E-state index contributed by atoms with van der Waals surface area (Å²) in [5.74, 6) is -0.0412. The molecular weight excluding hydrogens is 238 g/mol. The van der Waals surface area contributed by atoms with E-state index in [1.165, 1.54) is 5.56 Å². The Morgan fingerprint density at radius 1 is 0.947 bits per heavy atom. The molecule has 2 aromatic carbocycles. The Bertz CT molecular complexity index is 571. The Labute approximate surface area is 112 Å². The van der Waals surface area contributed by atoms with Crippen LogP contribution in [-0.2, 0) is 6.42 Å². The van der Waals surface area contributed by atoms with Crippen LogP contribution in [0.2, 0.25) is 0 Å². The molecule has 0 aliphatic heterocycles. The van der Waals surface area contributed by atoms with Crippen molar-refractivity contribution in [1.29, 1.82) is 0 Å². The SMILES string of the molecule is CCCc1ccc(C(=O)c2ccc(N=O)cc2)cc1. The third-order valence-electron chi connectivity index (χ3n) is 2.99. The molecule has 0 fully saturated rings. The molecule has 2 aromatic rings. The van der Waals surface area contributed by atoms with Crippen molar-refractivity contribution in [2.45, 2.75) is 19.8 Å². The number of hydrogen-bond donors (Lipinski definition) is 0. The number of rotatable bonds is 5. The van der Waals surface area contributed by atoms with Gasteiger partial charge in [-0.3, -0.25) is 4.79 Å². The summed E-state index contributed by atoms with van der Waals surface area (Å²) in [6.45, 7) is 2.13. The fourth-order valence-electron chi connectivity index (χ4n) is 1.95. The summed E-state index contributed by atoms with van der Waals surface area (Å²) in [6, 6.07) is 14.0. The quantitative estimate of drug-likeness (QED) is 0.590. The van der Waals surface area contributed by atoms with Crippen LogP contribution >= 0.6 is 0 Å². The second kappa shape index (κ2) is 6.05. The molecule has 0 unspecified atom stereocenters. The molecule has 3 heteroatoms. The molecule has 2 rings (SSSR count). The number of aryl methyl sites for hydroxylation is 1. The van der Waals surface area contributed by atoms with Gasteiger partial charge in [0.1, 0.15) is 5.69 Å². The maximum atomic E-state index is 12.2. The minimum Gasteiger partial charge on any atom is -0.289 e. The molecule has 0 aliphatic carbocycles. The van der Waals surface area contributed by atoms with Crippen molar-refractivity contribution in [2.24, 2.45) is 5.18 Å². The van der Waals surface area contributed by atoms with Gasteiger partial charge in [-0.25, -0.2) is 0 Å². The van der Waals surface area contributed by atoms with Crippen LogP contribution in [0.1, 0.15) is 34.8 Å². The maximum absolute atomic E-state index is 12.2. The van der Waals surface area contributed by atoms with E-state index in [1.807, 2.05) is 24.3 Å². The van der Waals surface area contributed by atoms with E-state index in [-0.39, 0.29) is 5.78 Å². The van der Waals surface area contributed by atoms with Crippen LogP contribution in [-0.4, -0.2) is 5.78 Å². The number of nitroso groups, excluding NO2 is 1. The highest BCUT2D eigenvalue weighted by Crippen LogP contribution is 2.16. The average molecular weight is 253 g/mol. The summed E-state index contributed by atoms with van der Waals surface area (Å²) in [6.07, 6.45) is 2.11. The number of benzene rings is 2. The van der Waals surface area contributed by atoms with Crippen LogP contribution in [0.25, 0.3) is 0 Å². The van der Waals surface area contributed by atoms with E-state index in [0.29, 0.717) is 16.8 Å². The smallest absolute Gasteiger partial charge is 0.193 e. The molecule has 0 saturated carbocycles. The van der Waals surface area contributed by atoms with Crippen LogP contribution in [0.4, 0.5) is 5.69 Å². The van der Waals surface area contributed by atoms with Crippen molar-refractivity contribution < 1.29 is 4.79 Å². The monoisotopic (exact) mass is 253 g/mol. The molecule has 0 bridgehead atoms. The number of carbonyl (C=O) groups excluding carboxylic acids is 1. The topological polar surface area (TPSA) is 46.5 Å². The molecule has 0 aliphatic rings. The van der Waals surface area contributed by atoms with E-state index in [9.17, 15) is 9.70 Å². The molecule has 96 valence electrons. The molecule has 0 radical (unpaired) electrons. The van der Waals surface area contributed by atoms with Gasteiger partial charge in [0.05, 0.1) is 0 Å². The second-order valence-electron chi connectivity index (χ2n) is 4.41. The van der Waals surface area contributed by atoms with Crippen LogP contribution in [0.15, 0.2) is 53.7 Å². The Balaban J connectivity index is 2.20. The molecule has 0 amide bonds. The van der Waals surface area contributed by atoms with E-state index < -0.39 is 0 Å². The second-order valence-corrected chi connectivity index (χ2v) is 4.41. The van der Waals surface area contributed by atoms with Gasteiger partial charge in [-0.2, -0.15) is 0 Å². The number of nitrogens with zero attached hydrogens (tertiary/aromatic N) is 1. The molecule has 0 N–H and O–H groups in total. The lowest BCUT2D eigenvalue weighted by Crippen LogP contribution is -2.00. The van der Waals surface area contributed by atoms with Crippen LogP contribution < -0.4 is 0 Å². The van der Waals surface area contributed by atoms with Gasteiger partial charge in [0.2, 0.25) is 0 Å². The lowest BCUT2D eigenvalue weighted by atomic mass is 10.0. The van der Waals surface area contributed by atoms with E-state index in [1.54, 1.807) is 24.3 Å². The Hall–Kier alpha value is -2.29. The normalized spacial score (nSPS) is 10.2. The van der Waals surface area contributed by atoms with Crippen molar-refractivity contribution in [2.75, 3.05) is 0 Å². The van der Waals surface area contributed by atoms with Gasteiger partial charge in [0.25, 0.3) is 0 Å². The van der Waals surface area contributed by atoms with E-state index in [4.69, 9.17) is 0 Å². The highest BCUT2D eigenvalue weighted by molar-refractivity contribution is 6.09. The lowest BCUT2D eigenvalue weighted by molar-refractivity contribution is 0.103. The highest BCUT2D eigenvalue weighted by atomic mass is 16.3. The minimum atomic E-state index is -0.0412. The summed E-state index contributed by atoms with van der Waals surface area (Å²) >= 11 is 0. The number of hydrogen-bond acceptors (Lipinski definition) is 3. The first kappa shape index (κ1) is 13.1. The van der Waals surface area contributed by atoms with Crippen molar-refractivity contribution in [3.05, 3.63) is 70.1 Å². The summed E-state index contributed by atoms with van der Waals surface area (Å²) in [7, 11) is 0. The van der Waals surface area contributed by atoms with Gasteiger partial charge >= 0.3 is 0 Å². The van der Waals surface area contributed by atoms with Gasteiger partial charge in [0.15, 0.2) is 5.78 Å². The third-order valence-corrected chi connectivity index (χ3v) is 2.99. The average Bonchev–Trinajstić information content (AvgIpc) is 2.48. The predicted molar refractivity (Wildman–Crippen MR) is 75.8 cm³/mol. The van der Waals surface area contributed by atoms with Crippen LogP contribution in [0.3, 0.4) is 0 Å². The summed E-state index contributed by atoms with van der Waals surface area (Å²) in [5, 5.41) is 2.81. The Morgan fingerprint density at radius 3 is 1.95 bits per heavy atom. The lowest BCUT2D eigenvalue weighted by Gasteiger charge is -2.03. The Morgan fingerprint density at radius 2 is 1.47 bits per heavy atom. The van der Waals surface area contributed by atoms with Gasteiger partial charge < -0.3 is 0 Å². The van der Waals surface area contributed by atoms with Gasteiger partial charge in [-0.05, 0) is 41.4 Å². The number of carbonyl (C=O) groups is 1.